The van der Waals surface area contributed by atoms with Crippen LogP contribution in [0.3, 0.4) is 0 Å². The second-order valence-corrected chi connectivity index (χ2v) is 6.04. The number of ketones is 1. The van der Waals surface area contributed by atoms with Gasteiger partial charge in [-0.15, -0.1) is 0 Å². The summed E-state index contributed by atoms with van der Waals surface area (Å²) in [5.74, 6) is 0.0277. The highest BCUT2D eigenvalue weighted by atomic mass is 127. The second kappa shape index (κ2) is 5.84. The molecule has 0 aliphatic carbocycles. The number of rotatable bonds is 4. The van der Waals surface area contributed by atoms with Crippen molar-refractivity contribution >= 4 is 28.4 Å². The Bertz CT molecular complexity index is 561. The van der Waals surface area contributed by atoms with Gasteiger partial charge in [0.2, 0.25) is 0 Å². The summed E-state index contributed by atoms with van der Waals surface area (Å²) in [5, 5.41) is 0. The van der Waals surface area contributed by atoms with Crippen LogP contribution in [0.4, 0.5) is 0 Å². The highest BCUT2D eigenvalue weighted by Crippen LogP contribution is 2.20. The summed E-state index contributed by atoms with van der Waals surface area (Å²) < 4.78 is 1.16. The Morgan fingerprint density at radius 3 is 2.26 bits per heavy atom. The van der Waals surface area contributed by atoms with Crippen molar-refractivity contribution in [3.05, 3.63) is 69.3 Å². The van der Waals surface area contributed by atoms with E-state index in [1.54, 1.807) is 6.92 Å². The molecule has 2 aromatic carbocycles. The molecule has 0 radical (unpaired) electrons. The van der Waals surface area contributed by atoms with E-state index in [1.165, 1.54) is 0 Å². The highest BCUT2D eigenvalue weighted by Gasteiger charge is 2.29. The van der Waals surface area contributed by atoms with Crippen LogP contribution in [0.5, 0.6) is 0 Å². The topological polar surface area (TPSA) is 43.1 Å². The average Bonchev–Trinajstić information content (AvgIpc) is 2.42. The molecule has 2 nitrogen and oxygen atoms in total. The van der Waals surface area contributed by atoms with Crippen LogP contribution in [-0.2, 0) is 16.8 Å². The molecule has 0 amide bonds. The van der Waals surface area contributed by atoms with Crippen molar-refractivity contribution in [2.45, 2.75) is 18.9 Å². The quantitative estimate of drug-likeness (QED) is 0.846. The fourth-order valence-electron chi connectivity index (χ4n) is 1.92. The average molecular weight is 365 g/mol. The molecule has 0 heterocycles. The number of Topliss-reactive ketones (excluding diaryl/α,β-unsaturated/α-hetero) is 1. The molecule has 2 rings (SSSR count). The van der Waals surface area contributed by atoms with E-state index in [2.05, 4.69) is 22.6 Å². The lowest BCUT2D eigenvalue weighted by atomic mass is 9.86. The van der Waals surface area contributed by atoms with Gasteiger partial charge < -0.3 is 5.73 Å². The predicted octanol–water partition coefficient (Wildman–Crippen LogP) is 3.28. The Kier molecular flexibility index (Phi) is 4.37. The van der Waals surface area contributed by atoms with Crippen LogP contribution in [0.1, 0.15) is 18.1 Å². The molecule has 0 bridgehead atoms. The van der Waals surface area contributed by atoms with Crippen molar-refractivity contribution in [1.82, 2.24) is 0 Å². The normalized spacial score (nSPS) is 13.8. The van der Waals surface area contributed by atoms with Gasteiger partial charge in [0, 0.05) is 9.99 Å². The first-order valence-corrected chi connectivity index (χ1v) is 7.20. The highest BCUT2D eigenvalue weighted by molar-refractivity contribution is 14.1. The third-order valence-corrected chi connectivity index (χ3v) is 3.95. The minimum atomic E-state index is -0.940. The van der Waals surface area contributed by atoms with Crippen molar-refractivity contribution in [3.8, 4) is 0 Å². The molecule has 19 heavy (non-hydrogen) atoms. The van der Waals surface area contributed by atoms with Gasteiger partial charge in [-0.1, -0.05) is 42.5 Å². The lowest BCUT2D eigenvalue weighted by Crippen LogP contribution is -2.42. The Morgan fingerprint density at radius 2 is 1.68 bits per heavy atom. The number of carbonyl (C=O) groups excluding carboxylic acids is 1. The number of hydrogen-bond acceptors (Lipinski definition) is 2. The SMILES string of the molecule is CC(N)(C(=O)Cc1ccc(I)cc1)c1ccccc1. The van der Waals surface area contributed by atoms with E-state index in [0.29, 0.717) is 6.42 Å². The van der Waals surface area contributed by atoms with E-state index >= 15 is 0 Å². The fourth-order valence-corrected chi connectivity index (χ4v) is 2.28. The van der Waals surface area contributed by atoms with Gasteiger partial charge in [0.05, 0.1) is 5.54 Å². The fraction of sp³-hybridized carbons (Fsp3) is 0.188. The van der Waals surface area contributed by atoms with E-state index in [4.69, 9.17) is 5.73 Å². The van der Waals surface area contributed by atoms with E-state index in [9.17, 15) is 4.79 Å². The van der Waals surface area contributed by atoms with Gasteiger partial charge in [0.25, 0.3) is 0 Å². The van der Waals surface area contributed by atoms with Crippen LogP contribution >= 0.6 is 22.6 Å². The van der Waals surface area contributed by atoms with E-state index in [-0.39, 0.29) is 5.78 Å². The van der Waals surface area contributed by atoms with Gasteiger partial charge in [-0.3, -0.25) is 4.79 Å². The molecule has 1 unspecified atom stereocenters. The lowest BCUT2D eigenvalue weighted by Gasteiger charge is -2.23. The largest absolute Gasteiger partial charge is 0.315 e. The minimum absolute atomic E-state index is 0.0277. The molecular formula is C16H16INO. The Labute approximate surface area is 127 Å². The van der Waals surface area contributed by atoms with Crippen LogP contribution in [0.15, 0.2) is 54.6 Å². The molecular weight excluding hydrogens is 349 g/mol. The van der Waals surface area contributed by atoms with Crippen molar-refractivity contribution in [1.29, 1.82) is 0 Å². The maximum Gasteiger partial charge on any atom is 0.161 e. The lowest BCUT2D eigenvalue weighted by molar-refractivity contribution is -0.123. The van der Waals surface area contributed by atoms with Crippen LogP contribution in [0, 0.1) is 3.57 Å². The zero-order valence-electron chi connectivity index (χ0n) is 10.8. The first-order valence-electron chi connectivity index (χ1n) is 6.12. The number of hydrogen-bond donors (Lipinski definition) is 1. The molecule has 98 valence electrons. The molecule has 0 aliphatic heterocycles. The molecule has 2 N–H and O–H groups in total. The monoisotopic (exact) mass is 365 g/mol. The number of carbonyl (C=O) groups is 1. The van der Waals surface area contributed by atoms with Gasteiger partial charge in [-0.25, -0.2) is 0 Å². The standard InChI is InChI=1S/C16H16INO/c1-16(18,13-5-3-2-4-6-13)15(19)11-12-7-9-14(17)10-8-12/h2-10H,11,18H2,1H3. The van der Waals surface area contributed by atoms with Gasteiger partial charge in [-0.2, -0.15) is 0 Å². The maximum atomic E-state index is 12.4. The zero-order valence-corrected chi connectivity index (χ0v) is 12.9. The summed E-state index contributed by atoms with van der Waals surface area (Å²) in [7, 11) is 0. The number of benzene rings is 2. The maximum absolute atomic E-state index is 12.4. The summed E-state index contributed by atoms with van der Waals surface area (Å²) >= 11 is 2.25. The summed E-state index contributed by atoms with van der Waals surface area (Å²) in [6.07, 6.45) is 0.360. The first kappa shape index (κ1) is 14.2. The molecule has 0 aliphatic rings. The molecule has 0 fully saturated rings. The number of nitrogens with two attached hydrogens (primary N) is 1. The summed E-state index contributed by atoms with van der Waals surface area (Å²) in [6.45, 7) is 1.78. The second-order valence-electron chi connectivity index (χ2n) is 4.79. The van der Waals surface area contributed by atoms with E-state index < -0.39 is 5.54 Å². The molecule has 3 heteroatoms. The van der Waals surface area contributed by atoms with Crippen LogP contribution < -0.4 is 5.73 Å². The van der Waals surface area contributed by atoms with Crippen molar-refractivity contribution in [3.63, 3.8) is 0 Å². The molecule has 0 aromatic heterocycles. The van der Waals surface area contributed by atoms with Crippen LogP contribution in [0.25, 0.3) is 0 Å². The smallest absolute Gasteiger partial charge is 0.161 e. The molecule has 1 atom stereocenters. The van der Waals surface area contributed by atoms with E-state index in [0.717, 1.165) is 14.7 Å². The van der Waals surface area contributed by atoms with Gasteiger partial charge >= 0.3 is 0 Å². The Morgan fingerprint density at radius 1 is 1.11 bits per heavy atom. The zero-order chi connectivity index (χ0) is 13.9. The van der Waals surface area contributed by atoms with Crippen LogP contribution in [-0.4, -0.2) is 5.78 Å². The molecule has 0 spiro atoms. The Balaban J connectivity index is 2.17. The minimum Gasteiger partial charge on any atom is -0.315 e. The predicted molar refractivity (Wildman–Crippen MR) is 85.9 cm³/mol. The molecule has 2 aromatic rings. The van der Waals surface area contributed by atoms with Crippen molar-refractivity contribution in [2.24, 2.45) is 5.73 Å². The van der Waals surface area contributed by atoms with Crippen LogP contribution in [0.2, 0.25) is 0 Å². The Hall–Kier alpha value is -1.20. The summed E-state index contributed by atoms with van der Waals surface area (Å²) in [4.78, 5) is 12.4. The number of halogens is 1. The van der Waals surface area contributed by atoms with Gasteiger partial charge in [-0.05, 0) is 52.8 Å². The first-order chi connectivity index (χ1) is 9.00. The summed E-state index contributed by atoms with van der Waals surface area (Å²) in [5.41, 5.74) is 7.12. The van der Waals surface area contributed by atoms with Gasteiger partial charge in [0.1, 0.15) is 0 Å². The van der Waals surface area contributed by atoms with Crippen molar-refractivity contribution in [2.75, 3.05) is 0 Å². The third kappa shape index (κ3) is 3.42. The molecule has 0 saturated heterocycles. The van der Waals surface area contributed by atoms with Crippen molar-refractivity contribution < 1.29 is 4.79 Å². The van der Waals surface area contributed by atoms with E-state index in [1.807, 2.05) is 54.6 Å². The van der Waals surface area contributed by atoms with Gasteiger partial charge in [0.15, 0.2) is 5.78 Å². The third-order valence-electron chi connectivity index (χ3n) is 3.23. The molecule has 0 saturated carbocycles. The summed E-state index contributed by atoms with van der Waals surface area (Å²) in [6, 6.07) is 17.5.